The molecular weight excluding hydrogens is 907 g/mol. The Morgan fingerprint density at radius 3 is 1.19 bits per heavy atom. The van der Waals surface area contributed by atoms with Gasteiger partial charge in [0.2, 0.25) is 5.88 Å². The van der Waals surface area contributed by atoms with Gasteiger partial charge in [0, 0.05) is 56.1 Å². The minimum atomic E-state index is -0.343. The lowest BCUT2D eigenvalue weighted by Crippen LogP contribution is -2.24. The van der Waals surface area contributed by atoms with Gasteiger partial charge in [-0.05, 0) is 53.6 Å². The first-order valence-electron chi connectivity index (χ1n) is 24.3. The Bertz CT molecular complexity index is 2330. The molecule has 0 bridgehead atoms. The lowest BCUT2D eigenvalue weighted by atomic mass is 10.1. The lowest BCUT2D eigenvalue weighted by Gasteiger charge is -2.07. The molecule has 8 rings (SSSR count). The van der Waals surface area contributed by atoms with Crippen molar-refractivity contribution in [2.45, 2.75) is 126 Å². The molecule has 0 spiro atoms. The van der Waals surface area contributed by atoms with Crippen molar-refractivity contribution in [2.75, 3.05) is 24.7 Å². The molecule has 6 heterocycles. The number of aromatic nitrogens is 9. The number of nitrogens with one attached hydrogen (secondary N) is 4. The number of pyridine rings is 1. The highest BCUT2D eigenvalue weighted by atomic mass is 16.5. The number of carbonyl (C=O) groups excluding carboxylic acids is 2. The second-order valence-corrected chi connectivity index (χ2v) is 11.2. The maximum absolute atomic E-state index is 11.3. The number of hydrogen-bond donors (Lipinski definition) is 4. The van der Waals surface area contributed by atoms with Crippen LogP contribution >= 0.6 is 0 Å². The number of nitrogens with zero attached hydrogens (tertiary/aromatic N) is 9. The van der Waals surface area contributed by atoms with Gasteiger partial charge in [-0.1, -0.05) is 150 Å². The normalized spacial score (nSPS) is 8.58. The Morgan fingerprint density at radius 1 is 0.444 bits per heavy atom. The smallest absolute Gasteiger partial charge is 0.322 e. The Kier molecular flexibility index (Phi) is 43.4. The highest BCUT2D eigenvalue weighted by Gasteiger charge is 2.10. The molecule has 0 aliphatic carbocycles. The van der Waals surface area contributed by atoms with Crippen LogP contribution in [-0.2, 0) is 0 Å². The summed E-state index contributed by atoms with van der Waals surface area (Å²) >= 11 is 0. The van der Waals surface area contributed by atoms with Crippen LogP contribution in [0.1, 0.15) is 126 Å². The Hall–Kier alpha value is -7.95. The number of ether oxygens (including phenoxy) is 2. The topological polar surface area (TPSA) is 200 Å². The van der Waals surface area contributed by atoms with Gasteiger partial charge in [-0.15, -0.1) is 0 Å². The highest BCUT2D eigenvalue weighted by molar-refractivity contribution is 5.89. The van der Waals surface area contributed by atoms with Crippen LogP contribution in [-0.4, -0.2) is 70.3 Å². The molecule has 0 unspecified atom stereocenters. The molecule has 0 saturated carbocycles. The zero-order valence-electron chi connectivity index (χ0n) is 44.8. The molecule has 4 N–H and O–H groups in total. The molecule has 0 saturated heterocycles. The third-order valence-electron chi connectivity index (χ3n) is 7.66. The van der Waals surface area contributed by atoms with Crippen molar-refractivity contribution in [3.8, 4) is 45.6 Å². The fraction of sp³-hybridized carbons (Fsp3) is 0.364. The summed E-state index contributed by atoms with van der Waals surface area (Å²) in [6.07, 6.45) is 15.2. The average molecular weight is 994 g/mol. The molecule has 0 radical (unpaired) electrons. The van der Waals surface area contributed by atoms with Gasteiger partial charge in [-0.2, -0.15) is 10.2 Å². The fourth-order valence-corrected chi connectivity index (χ4v) is 5.03. The summed E-state index contributed by atoms with van der Waals surface area (Å²) in [6.45, 7) is 32.0. The van der Waals surface area contributed by atoms with Gasteiger partial charge in [0.05, 0.1) is 42.4 Å². The summed E-state index contributed by atoms with van der Waals surface area (Å²) in [7, 11) is 3.08. The summed E-state index contributed by atoms with van der Waals surface area (Å²) in [5.41, 5.74) is 6.49. The molecule has 2 aromatic carbocycles. The van der Waals surface area contributed by atoms with Crippen molar-refractivity contribution in [1.29, 1.82) is 0 Å². The van der Waals surface area contributed by atoms with Gasteiger partial charge in [-0.3, -0.25) is 0 Å². The van der Waals surface area contributed by atoms with Crippen LogP contribution in [0.3, 0.4) is 0 Å². The second kappa shape index (κ2) is 44.3. The van der Waals surface area contributed by atoms with Crippen LogP contribution in [0, 0.1) is 0 Å². The maximum atomic E-state index is 11.3. The van der Waals surface area contributed by atoms with Crippen LogP contribution in [0.5, 0.6) is 23.4 Å². The molecule has 0 aliphatic rings. The first-order chi connectivity index (χ1) is 34.4. The van der Waals surface area contributed by atoms with Crippen molar-refractivity contribution < 1.29 is 19.1 Å². The number of carbonyl (C=O) groups is 2. The SMILES string of the molecule is C.C.CC.CC.CC.CC.CC.CC.CC.CC.CNC(=O)Nc1ccc(Oc2ccc(-c3cnn4cccnc34)cc2)nc1.CNC(=O)Nc1cnc(Oc2ccc(-c3cnn4cccnc34)cc2)nc1. The van der Waals surface area contributed by atoms with E-state index < -0.39 is 0 Å². The molecule has 396 valence electrons. The van der Waals surface area contributed by atoms with Gasteiger partial charge < -0.3 is 30.7 Å². The monoisotopic (exact) mass is 994 g/mol. The molecule has 72 heavy (non-hydrogen) atoms. The third-order valence-corrected chi connectivity index (χ3v) is 7.66. The number of amides is 4. The van der Waals surface area contributed by atoms with Crippen molar-refractivity contribution in [3.63, 3.8) is 0 Å². The minimum absolute atomic E-state index is 0. The van der Waals surface area contributed by atoms with Gasteiger partial charge in [0.25, 0.3) is 0 Å². The summed E-state index contributed by atoms with van der Waals surface area (Å²) in [4.78, 5) is 43.6. The van der Waals surface area contributed by atoms with Crippen LogP contribution in [0.15, 0.2) is 129 Å². The van der Waals surface area contributed by atoms with Gasteiger partial charge in [0.15, 0.2) is 11.3 Å². The van der Waals surface area contributed by atoms with E-state index in [2.05, 4.69) is 56.4 Å². The van der Waals surface area contributed by atoms with Gasteiger partial charge >= 0.3 is 18.1 Å². The number of anilines is 2. The quantitative estimate of drug-likeness (QED) is 0.113. The first kappa shape index (κ1) is 70.6. The van der Waals surface area contributed by atoms with Gasteiger partial charge in [0.1, 0.15) is 11.5 Å². The van der Waals surface area contributed by atoms with E-state index in [0.29, 0.717) is 28.8 Å². The summed E-state index contributed by atoms with van der Waals surface area (Å²) in [5, 5.41) is 18.7. The molecule has 4 amide bonds. The molecule has 8 aromatic rings. The summed E-state index contributed by atoms with van der Waals surface area (Å²) in [5.74, 6) is 1.68. The molecule has 17 heteroatoms. The predicted octanol–water partition coefficient (Wildman–Crippen LogP) is 15.5. The number of hydrogen-bond acceptors (Lipinski definition) is 11. The van der Waals surface area contributed by atoms with E-state index in [1.165, 1.54) is 25.6 Å². The highest BCUT2D eigenvalue weighted by Crippen LogP contribution is 2.28. The number of rotatable bonds is 8. The lowest BCUT2D eigenvalue weighted by molar-refractivity contribution is 0.253. The van der Waals surface area contributed by atoms with Gasteiger partial charge in [-0.25, -0.2) is 43.5 Å². The number of urea groups is 2. The van der Waals surface area contributed by atoms with Crippen molar-refractivity contribution >= 4 is 34.7 Å². The molecule has 0 atom stereocenters. The van der Waals surface area contributed by atoms with E-state index in [4.69, 9.17) is 9.47 Å². The van der Waals surface area contributed by atoms with E-state index in [-0.39, 0.29) is 32.9 Å². The van der Waals surface area contributed by atoms with Crippen molar-refractivity contribution in [1.82, 2.24) is 54.8 Å². The fourth-order valence-electron chi connectivity index (χ4n) is 5.03. The zero-order chi connectivity index (χ0) is 53.3. The molecule has 6 aromatic heterocycles. The molecule has 17 nitrogen and oxygen atoms in total. The first-order valence-corrected chi connectivity index (χ1v) is 24.3. The molecular formula is C55H87N13O4. The third kappa shape index (κ3) is 23.1. The second-order valence-electron chi connectivity index (χ2n) is 11.2. The van der Waals surface area contributed by atoms with Crippen molar-refractivity contribution in [2.24, 2.45) is 0 Å². The number of fused-ring (bicyclic) bond motifs is 2. The van der Waals surface area contributed by atoms with Crippen LogP contribution in [0.4, 0.5) is 21.0 Å². The molecule has 0 fully saturated rings. The van der Waals surface area contributed by atoms with Crippen molar-refractivity contribution in [3.05, 3.63) is 129 Å². The predicted molar refractivity (Wildman–Crippen MR) is 304 cm³/mol. The van der Waals surface area contributed by atoms with E-state index in [1.807, 2.05) is 184 Å². The zero-order valence-corrected chi connectivity index (χ0v) is 44.8. The minimum Gasteiger partial charge on any atom is -0.439 e. The Balaban J connectivity index is -0.000000492. The molecule has 0 aliphatic heterocycles. The summed E-state index contributed by atoms with van der Waals surface area (Å²) in [6, 6.07) is 21.7. The standard InChI is InChI=1S/C19H16N6O2.C18H15N7O2.8C2H6.2CH4/c1-20-19(26)24-14-5-8-17(22-11-14)27-15-6-3-13(4-7-15)16-12-23-25-10-2-9-21-18(16)25;1-19-17(26)24-13-9-21-18(22-10-13)27-14-5-3-12(4-6-14)15-11-23-25-8-2-7-20-16(15)25;8*1-2;;/h2-12H,1H3,(H2,20,24,26);2-11H,1H3,(H2,19,24,26);8*1-2H3;2*1H4. The Labute approximate surface area is 431 Å². The van der Waals surface area contributed by atoms with E-state index in [9.17, 15) is 9.59 Å². The number of benzene rings is 2. The van der Waals surface area contributed by atoms with Crippen LogP contribution < -0.4 is 30.7 Å². The van der Waals surface area contributed by atoms with E-state index in [0.717, 1.165) is 33.5 Å². The van der Waals surface area contributed by atoms with Crippen LogP contribution in [0.2, 0.25) is 0 Å². The average Bonchev–Trinajstić information content (AvgIpc) is 4.10. The van der Waals surface area contributed by atoms with E-state index >= 15 is 0 Å². The van der Waals surface area contributed by atoms with E-state index in [1.54, 1.807) is 53.0 Å². The summed E-state index contributed by atoms with van der Waals surface area (Å²) < 4.78 is 14.8. The largest absolute Gasteiger partial charge is 0.439 e. The maximum Gasteiger partial charge on any atom is 0.322 e. The Morgan fingerprint density at radius 2 is 0.819 bits per heavy atom. The van der Waals surface area contributed by atoms with Crippen LogP contribution in [0.25, 0.3) is 33.5 Å².